The van der Waals surface area contributed by atoms with Crippen LogP contribution in [0.4, 0.5) is 0 Å². The van der Waals surface area contributed by atoms with Gasteiger partial charge < -0.3 is 10.1 Å². The molecule has 0 aliphatic heterocycles. The van der Waals surface area contributed by atoms with Gasteiger partial charge >= 0.3 is 0 Å². The molecule has 1 aliphatic rings. The predicted molar refractivity (Wildman–Crippen MR) is 86.9 cm³/mol. The average Bonchev–Trinajstić information content (AvgIpc) is 2.90. The summed E-state index contributed by atoms with van der Waals surface area (Å²) in [5.41, 5.74) is 1.32. The monoisotopic (exact) mass is 293 g/mol. The summed E-state index contributed by atoms with van der Waals surface area (Å²) < 4.78 is 7.70. The molecule has 0 amide bonds. The first kappa shape index (κ1) is 16.3. The molecule has 1 saturated carbocycles. The van der Waals surface area contributed by atoms with Gasteiger partial charge in [-0.05, 0) is 44.7 Å². The Kier molecular flexibility index (Phi) is 6.09. The lowest BCUT2D eigenvalue weighted by Crippen LogP contribution is -2.32. The van der Waals surface area contributed by atoms with E-state index in [2.05, 4.69) is 35.9 Å². The Labute approximate surface area is 129 Å². The quantitative estimate of drug-likeness (QED) is 0.837. The van der Waals surface area contributed by atoms with Crippen LogP contribution in [-0.2, 0) is 6.54 Å². The van der Waals surface area contributed by atoms with Crippen LogP contribution in [0, 0.1) is 11.8 Å². The molecule has 1 heterocycles. The summed E-state index contributed by atoms with van der Waals surface area (Å²) in [6.07, 6.45) is 7.13. The number of nitrogens with one attached hydrogen (secondary N) is 1. The zero-order valence-corrected chi connectivity index (χ0v) is 14.1. The maximum absolute atomic E-state index is 5.57. The molecule has 0 spiro atoms. The van der Waals surface area contributed by atoms with Gasteiger partial charge in [0.15, 0.2) is 5.75 Å². The lowest BCUT2D eigenvalue weighted by Gasteiger charge is -2.32. The van der Waals surface area contributed by atoms with Crippen LogP contribution in [0.15, 0.2) is 6.20 Å². The molecule has 0 bridgehead atoms. The highest BCUT2D eigenvalue weighted by Gasteiger charge is 2.31. The molecule has 0 aromatic carbocycles. The van der Waals surface area contributed by atoms with Crippen molar-refractivity contribution in [2.75, 3.05) is 20.2 Å². The van der Waals surface area contributed by atoms with E-state index in [1.165, 1.54) is 31.4 Å². The van der Waals surface area contributed by atoms with Gasteiger partial charge in [0.05, 0.1) is 19.0 Å². The normalized spacial score (nSPS) is 22.7. The summed E-state index contributed by atoms with van der Waals surface area (Å²) in [4.78, 5) is 0. The van der Waals surface area contributed by atoms with Crippen LogP contribution in [0.25, 0.3) is 0 Å². The number of aromatic nitrogens is 2. The van der Waals surface area contributed by atoms with E-state index in [0.717, 1.165) is 25.4 Å². The number of aryl methyl sites for hydroxylation is 1. The van der Waals surface area contributed by atoms with E-state index in [-0.39, 0.29) is 0 Å². The minimum Gasteiger partial charge on any atom is -0.493 e. The maximum atomic E-state index is 5.57. The Morgan fingerprint density at radius 1 is 1.38 bits per heavy atom. The highest BCUT2D eigenvalue weighted by atomic mass is 16.5. The number of ether oxygens (including phenoxy) is 1. The van der Waals surface area contributed by atoms with Crippen molar-refractivity contribution in [1.29, 1.82) is 0 Å². The van der Waals surface area contributed by atoms with Gasteiger partial charge in [-0.1, -0.05) is 26.7 Å². The first-order chi connectivity index (χ1) is 10.2. The molecule has 4 heteroatoms. The summed E-state index contributed by atoms with van der Waals surface area (Å²) >= 11 is 0. The third-order valence-electron chi connectivity index (χ3n) is 4.58. The van der Waals surface area contributed by atoms with Crippen molar-refractivity contribution in [2.24, 2.45) is 11.8 Å². The summed E-state index contributed by atoms with van der Waals surface area (Å²) in [5, 5.41) is 8.15. The first-order valence-electron chi connectivity index (χ1n) is 8.47. The summed E-state index contributed by atoms with van der Waals surface area (Å²) in [7, 11) is 1.76. The van der Waals surface area contributed by atoms with E-state index < -0.39 is 0 Å². The molecule has 21 heavy (non-hydrogen) atoms. The van der Waals surface area contributed by atoms with Gasteiger partial charge in [0, 0.05) is 12.5 Å². The number of methoxy groups -OCH3 is 1. The number of nitrogens with zero attached hydrogens (tertiary/aromatic N) is 2. The Hall–Kier alpha value is -1.03. The largest absolute Gasteiger partial charge is 0.493 e. The molecule has 1 N–H and O–H groups in total. The van der Waals surface area contributed by atoms with Crippen molar-refractivity contribution in [3.05, 3.63) is 11.9 Å². The molecule has 1 aromatic rings. The fraction of sp³-hybridized carbons (Fsp3) is 0.824. The first-order valence-corrected chi connectivity index (χ1v) is 8.47. The highest BCUT2D eigenvalue weighted by Crippen LogP contribution is 2.41. The Morgan fingerprint density at radius 2 is 2.14 bits per heavy atom. The summed E-state index contributed by atoms with van der Waals surface area (Å²) in [6, 6.07) is 0. The van der Waals surface area contributed by atoms with Crippen LogP contribution in [0.3, 0.4) is 0 Å². The number of hydrogen-bond donors (Lipinski definition) is 1. The van der Waals surface area contributed by atoms with Gasteiger partial charge in [-0.2, -0.15) is 5.10 Å². The van der Waals surface area contributed by atoms with Crippen LogP contribution < -0.4 is 10.1 Å². The second kappa shape index (κ2) is 7.83. The zero-order valence-electron chi connectivity index (χ0n) is 14.1. The van der Waals surface area contributed by atoms with Crippen molar-refractivity contribution < 1.29 is 4.74 Å². The van der Waals surface area contributed by atoms with E-state index in [1.54, 1.807) is 7.11 Å². The minimum absolute atomic E-state index is 0.579. The summed E-state index contributed by atoms with van der Waals surface area (Å²) in [5.74, 6) is 2.96. The highest BCUT2D eigenvalue weighted by molar-refractivity contribution is 5.29. The molecule has 120 valence electrons. The molecular weight excluding hydrogens is 262 g/mol. The second-order valence-corrected chi connectivity index (χ2v) is 6.62. The molecule has 2 unspecified atom stereocenters. The zero-order chi connectivity index (χ0) is 15.2. The Morgan fingerprint density at radius 3 is 2.81 bits per heavy atom. The molecule has 2 atom stereocenters. The standard InChI is InChI=1S/C17H31N3O/c1-5-20-17(16(21-4)12-19-20)15-9-7-6-8-14(15)11-18-10-13(2)3/h12-15,18H,5-11H2,1-4H3. The van der Waals surface area contributed by atoms with Gasteiger partial charge in [0.1, 0.15) is 0 Å². The van der Waals surface area contributed by atoms with Gasteiger partial charge in [-0.15, -0.1) is 0 Å². The second-order valence-electron chi connectivity index (χ2n) is 6.62. The van der Waals surface area contributed by atoms with Gasteiger partial charge in [-0.25, -0.2) is 0 Å². The molecule has 1 fully saturated rings. The van der Waals surface area contributed by atoms with Crippen molar-refractivity contribution in [3.8, 4) is 5.75 Å². The maximum Gasteiger partial charge on any atom is 0.160 e. The lowest BCUT2D eigenvalue weighted by atomic mass is 9.77. The Bertz CT molecular complexity index is 406. The van der Waals surface area contributed by atoms with Crippen molar-refractivity contribution in [2.45, 2.75) is 58.9 Å². The smallest absolute Gasteiger partial charge is 0.160 e. The topological polar surface area (TPSA) is 39.1 Å². The van der Waals surface area contributed by atoms with E-state index in [0.29, 0.717) is 17.8 Å². The lowest BCUT2D eigenvalue weighted by molar-refractivity contribution is 0.273. The van der Waals surface area contributed by atoms with E-state index in [1.807, 2.05) is 6.20 Å². The predicted octanol–water partition coefficient (Wildman–Crippen LogP) is 3.43. The van der Waals surface area contributed by atoms with Crippen LogP contribution in [-0.4, -0.2) is 30.0 Å². The fourth-order valence-electron chi connectivity index (χ4n) is 3.53. The molecule has 2 rings (SSSR count). The minimum atomic E-state index is 0.579. The van der Waals surface area contributed by atoms with Gasteiger partial charge in [0.25, 0.3) is 0 Å². The van der Waals surface area contributed by atoms with E-state index in [4.69, 9.17) is 4.74 Å². The molecule has 4 nitrogen and oxygen atoms in total. The van der Waals surface area contributed by atoms with Crippen molar-refractivity contribution >= 4 is 0 Å². The van der Waals surface area contributed by atoms with Crippen molar-refractivity contribution in [3.63, 3.8) is 0 Å². The average molecular weight is 293 g/mol. The van der Waals surface area contributed by atoms with Crippen LogP contribution in [0.2, 0.25) is 0 Å². The summed E-state index contributed by atoms with van der Waals surface area (Å²) in [6.45, 7) is 9.82. The fourth-order valence-corrected chi connectivity index (χ4v) is 3.53. The third kappa shape index (κ3) is 4.00. The van der Waals surface area contributed by atoms with Crippen LogP contribution in [0.5, 0.6) is 5.75 Å². The number of hydrogen-bond acceptors (Lipinski definition) is 3. The Balaban J connectivity index is 2.12. The van der Waals surface area contributed by atoms with Gasteiger partial charge in [-0.3, -0.25) is 4.68 Å². The van der Waals surface area contributed by atoms with Crippen LogP contribution in [0.1, 0.15) is 58.1 Å². The third-order valence-corrected chi connectivity index (χ3v) is 4.58. The molecular formula is C17H31N3O. The van der Waals surface area contributed by atoms with E-state index in [9.17, 15) is 0 Å². The van der Waals surface area contributed by atoms with Crippen LogP contribution >= 0.6 is 0 Å². The van der Waals surface area contributed by atoms with Crippen molar-refractivity contribution in [1.82, 2.24) is 15.1 Å². The SMILES string of the molecule is CCn1ncc(OC)c1C1CCCCC1CNCC(C)C. The molecule has 1 aromatic heterocycles. The number of rotatable bonds is 7. The molecule has 0 saturated heterocycles. The molecule has 0 radical (unpaired) electrons. The van der Waals surface area contributed by atoms with Gasteiger partial charge in [0.2, 0.25) is 0 Å². The van der Waals surface area contributed by atoms with E-state index >= 15 is 0 Å². The molecule has 1 aliphatic carbocycles.